The maximum atomic E-state index is 11.3. The average Bonchev–Trinajstić information content (AvgIpc) is 2.81. The van der Waals surface area contributed by atoms with Crippen LogP contribution in [0, 0.1) is 0 Å². The molecule has 0 spiro atoms. The zero-order valence-electron chi connectivity index (χ0n) is 10.0. The van der Waals surface area contributed by atoms with E-state index in [4.69, 9.17) is 10.8 Å². The molecule has 0 aromatic heterocycles. The first kappa shape index (κ1) is 15.5. The van der Waals surface area contributed by atoms with E-state index in [9.17, 15) is 13.2 Å². The van der Waals surface area contributed by atoms with Gasteiger partial charge in [0.05, 0.1) is 11.4 Å². The first-order valence-corrected chi connectivity index (χ1v) is 7.98. The Morgan fingerprint density at radius 1 is 1.37 bits per heavy atom. The van der Waals surface area contributed by atoms with Crippen LogP contribution in [0.5, 0.6) is 0 Å². The van der Waals surface area contributed by atoms with E-state index in [-0.39, 0.29) is 4.90 Å². The molecule has 0 saturated heterocycles. The highest BCUT2D eigenvalue weighted by Crippen LogP contribution is 2.09. The molecule has 104 valence electrons. The van der Waals surface area contributed by atoms with Crippen LogP contribution in [0.15, 0.2) is 40.2 Å². The van der Waals surface area contributed by atoms with Gasteiger partial charge in [-0.1, -0.05) is 30.0 Å². The molecule has 8 heteroatoms. The van der Waals surface area contributed by atoms with E-state index < -0.39 is 21.6 Å². The second-order valence-corrected chi connectivity index (χ2v) is 6.64. The molecule has 0 atom stereocenters. The van der Waals surface area contributed by atoms with Crippen molar-refractivity contribution in [1.82, 2.24) is 0 Å². The fraction of sp³-hybridized carbons (Fsp3) is 0.273. The van der Waals surface area contributed by atoms with Crippen molar-refractivity contribution in [3.05, 3.63) is 30.3 Å². The number of nitrogens with two attached hydrogens (primary N) is 1. The van der Waals surface area contributed by atoms with Crippen LogP contribution in [0.2, 0.25) is 0 Å². The quantitative estimate of drug-likeness (QED) is 0.845. The Morgan fingerprint density at radius 2 is 2.00 bits per heavy atom. The van der Waals surface area contributed by atoms with E-state index in [1.54, 1.807) is 30.0 Å². The van der Waals surface area contributed by atoms with Gasteiger partial charge in [0.25, 0.3) is 0 Å². The molecule has 6 nitrogen and oxygen atoms in total. The van der Waals surface area contributed by atoms with Crippen LogP contribution in [0.1, 0.15) is 0 Å². The van der Waals surface area contributed by atoms with Gasteiger partial charge in [-0.3, -0.25) is 9.79 Å². The summed E-state index contributed by atoms with van der Waals surface area (Å²) in [6.07, 6.45) is 0. The Morgan fingerprint density at radius 3 is 2.37 bits per heavy atom. The van der Waals surface area contributed by atoms with E-state index in [0.717, 1.165) is 17.5 Å². The van der Waals surface area contributed by atoms with Crippen molar-refractivity contribution in [2.75, 3.05) is 18.1 Å². The minimum atomic E-state index is -3.66. The fourth-order valence-electron chi connectivity index (χ4n) is 1.23. The Kier molecular flexibility index (Phi) is 5.84. The molecule has 19 heavy (non-hydrogen) atoms. The lowest BCUT2D eigenvalue weighted by atomic mass is 10.4. The number of carbonyl (C=O) groups is 1. The lowest BCUT2D eigenvalue weighted by Gasteiger charge is -1.99. The number of nitrogens with zero attached hydrogens (tertiary/aromatic N) is 1. The van der Waals surface area contributed by atoms with Gasteiger partial charge in [0.2, 0.25) is 0 Å². The number of aliphatic carboxylic acids is 1. The third-order valence-electron chi connectivity index (χ3n) is 2.02. The van der Waals surface area contributed by atoms with Crippen LogP contribution in [-0.2, 0) is 14.6 Å². The molecule has 0 amide bonds. The Hall–Kier alpha value is -1.54. The molecule has 0 aliphatic carbocycles. The normalized spacial score (nSPS) is 14.2. The number of thioether (sulfide) groups is 1. The lowest BCUT2D eigenvalue weighted by Crippen LogP contribution is -2.15. The van der Waals surface area contributed by atoms with E-state index in [1.807, 2.05) is 0 Å². The number of amidine groups is 1. The summed E-state index contributed by atoms with van der Waals surface area (Å²) in [6, 6.07) is 7.51. The second kappa shape index (κ2) is 7.15. The average molecular weight is 302 g/mol. The number of sulfone groups is 1. The number of benzene rings is 1. The summed E-state index contributed by atoms with van der Waals surface area (Å²) in [6.45, 7) is 0.913. The Labute approximate surface area is 115 Å². The van der Waals surface area contributed by atoms with Gasteiger partial charge in [-0.25, -0.2) is 8.42 Å². The third kappa shape index (κ3) is 5.75. The molecule has 0 unspecified atom stereocenters. The number of hydrogen-bond acceptors (Lipinski definition) is 6. The number of carboxylic acid groups (broad SMARTS) is 1. The molecule has 1 heterocycles. The van der Waals surface area contributed by atoms with E-state index in [2.05, 4.69) is 4.99 Å². The van der Waals surface area contributed by atoms with Crippen LogP contribution in [0.25, 0.3) is 0 Å². The number of aliphatic imine (C=N–C) groups is 1. The first-order chi connectivity index (χ1) is 8.92. The highest BCUT2D eigenvalue weighted by Gasteiger charge is 2.17. The van der Waals surface area contributed by atoms with Crippen LogP contribution in [0.4, 0.5) is 0 Å². The molecule has 0 fully saturated rings. The zero-order chi connectivity index (χ0) is 14.3. The van der Waals surface area contributed by atoms with Crippen LogP contribution < -0.4 is 5.73 Å². The summed E-state index contributed by atoms with van der Waals surface area (Å²) in [5.41, 5.74) is 5.25. The minimum Gasteiger partial charge on any atom is -0.480 e. The highest BCUT2D eigenvalue weighted by atomic mass is 32.2. The van der Waals surface area contributed by atoms with Gasteiger partial charge in [0.1, 0.15) is 0 Å². The SMILES string of the molecule is NC1=NCCS1.O=C(O)CS(=O)(=O)c1ccccc1. The van der Waals surface area contributed by atoms with E-state index in [0.29, 0.717) is 0 Å². The van der Waals surface area contributed by atoms with Gasteiger partial charge in [-0.2, -0.15) is 0 Å². The van der Waals surface area contributed by atoms with Gasteiger partial charge in [-0.15, -0.1) is 0 Å². The van der Waals surface area contributed by atoms with Crippen molar-refractivity contribution in [2.24, 2.45) is 10.7 Å². The monoisotopic (exact) mass is 302 g/mol. The smallest absolute Gasteiger partial charge is 0.319 e. The van der Waals surface area contributed by atoms with E-state index >= 15 is 0 Å². The standard InChI is InChI=1S/C8H8O4S.C3H6N2S/c9-8(10)6-13(11,12)7-4-2-1-3-5-7;4-3-5-1-2-6-3/h1-5H,6H2,(H,9,10);1-2H2,(H2,4,5). The summed E-state index contributed by atoms with van der Waals surface area (Å²) in [5.74, 6) is -1.13. The highest BCUT2D eigenvalue weighted by molar-refractivity contribution is 8.14. The first-order valence-electron chi connectivity index (χ1n) is 5.34. The molecular weight excluding hydrogens is 288 g/mol. The molecule has 0 radical (unpaired) electrons. The minimum absolute atomic E-state index is 0.0393. The Bertz CT molecular complexity index is 555. The van der Waals surface area contributed by atoms with Crippen molar-refractivity contribution in [3.8, 4) is 0 Å². The summed E-state index contributed by atoms with van der Waals surface area (Å²) in [7, 11) is -3.66. The lowest BCUT2D eigenvalue weighted by molar-refractivity contribution is -0.134. The second-order valence-electron chi connectivity index (χ2n) is 3.53. The molecule has 1 aliphatic rings. The van der Waals surface area contributed by atoms with Crippen LogP contribution >= 0.6 is 11.8 Å². The van der Waals surface area contributed by atoms with Crippen LogP contribution in [0.3, 0.4) is 0 Å². The molecule has 1 aromatic rings. The van der Waals surface area contributed by atoms with Gasteiger partial charge in [-0.05, 0) is 12.1 Å². The van der Waals surface area contributed by atoms with Gasteiger partial charge in [0, 0.05) is 5.75 Å². The van der Waals surface area contributed by atoms with Gasteiger partial charge < -0.3 is 10.8 Å². The zero-order valence-corrected chi connectivity index (χ0v) is 11.7. The number of rotatable bonds is 3. The molecule has 0 bridgehead atoms. The molecule has 1 aliphatic heterocycles. The van der Waals surface area contributed by atoms with Crippen LogP contribution in [-0.4, -0.2) is 42.7 Å². The van der Waals surface area contributed by atoms with Gasteiger partial charge >= 0.3 is 5.97 Å². The Balaban J connectivity index is 0.000000250. The third-order valence-corrected chi connectivity index (χ3v) is 4.45. The van der Waals surface area contributed by atoms with Crippen molar-refractivity contribution in [3.63, 3.8) is 0 Å². The number of carboxylic acids is 1. The summed E-state index contributed by atoms with van der Waals surface area (Å²) < 4.78 is 22.5. The summed E-state index contributed by atoms with van der Waals surface area (Å²) >= 11 is 1.62. The van der Waals surface area contributed by atoms with Crippen molar-refractivity contribution >= 4 is 32.7 Å². The van der Waals surface area contributed by atoms with E-state index in [1.165, 1.54) is 12.1 Å². The molecule has 3 N–H and O–H groups in total. The predicted molar refractivity (Wildman–Crippen MR) is 75.1 cm³/mol. The molecule has 0 saturated carbocycles. The molecule has 1 aromatic carbocycles. The molecular formula is C11H14N2O4S2. The van der Waals surface area contributed by atoms with Gasteiger partial charge in [0.15, 0.2) is 20.8 Å². The maximum Gasteiger partial charge on any atom is 0.319 e. The predicted octanol–water partition coefficient (Wildman–Crippen LogP) is 0.593. The summed E-state index contributed by atoms with van der Waals surface area (Å²) in [5, 5.41) is 9.08. The van der Waals surface area contributed by atoms with Crippen molar-refractivity contribution in [2.45, 2.75) is 4.90 Å². The largest absolute Gasteiger partial charge is 0.480 e. The van der Waals surface area contributed by atoms with Crippen molar-refractivity contribution in [1.29, 1.82) is 0 Å². The number of hydrogen-bond donors (Lipinski definition) is 2. The van der Waals surface area contributed by atoms with Crippen molar-refractivity contribution < 1.29 is 18.3 Å². The maximum absolute atomic E-state index is 11.3. The molecule has 2 rings (SSSR count). The fourth-order valence-corrected chi connectivity index (χ4v) is 2.86. The topological polar surface area (TPSA) is 110 Å². The summed E-state index contributed by atoms with van der Waals surface area (Å²) in [4.78, 5) is 14.1.